The third-order valence-electron chi connectivity index (χ3n) is 7.02. The molecule has 1 saturated heterocycles. The molecule has 2 fully saturated rings. The van der Waals surface area contributed by atoms with Gasteiger partial charge in [-0.3, -0.25) is 9.69 Å². The van der Waals surface area contributed by atoms with E-state index in [2.05, 4.69) is 36.3 Å². The van der Waals surface area contributed by atoms with Crippen molar-refractivity contribution in [2.45, 2.75) is 77.0 Å². The molecule has 0 radical (unpaired) electrons. The summed E-state index contributed by atoms with van der Waals surface area (Å²) in [4.78, 5) is 25.4. The van der Waals surface area contributed by atoms with Gasteiger partial charge < -0.3 is 14.8 Å². The minimum Gasteiger partial charge on any atom is -0.381 e. The van der Waals surface area contributed by atoms with Gasteiger partial charge in [0.25, 0.3) is 0 Å². The average Bonchev–Trinajstić information content (AvgIpc) is 3.00. The molecule has 0 atom stereocenters. The van der Waals surface area contributed by atoms with Gasteiger partial charge in [-0.25, -0.2) is 9.97 Å². The van der Waals surface area contributed by atoms with Crippen molar-refractivity contribution in [3.05, 3.63) is 41.7 Å². The van der Waals surface area contributed by atoms with Gasteiger partial charge in [-0.1, -0.05) is 6.07 Å². The van der Waals surface area contributed by atoms with Gasteiger partial charge in [0.2, 0.25) is 5.91 Å². The Bertz CT molecular complexity index is 981. The Morgan fingerprint density at radius 2 is 1.91 bits per heavy atom. The molecule has 0 aromatic carbocycles. The maximum Gasteiger partial charge on any atom is 0.231 e. The highest BCUT2D eigenvalue weighted by Crippen LogP contribution is 2.38. The smallest absolute Gasteiger partial charge is 0.231 e. The Hall–Kier alpha value is -2.51. The monoisotopic (exact) mass is 450 g/mol. The number of ether oxygens (including phenoxy) is 2. The van der Waals surface area contributed by atoms with Crippen LogP contribution >= 0.6 is 0 Å². The second-order valence-corrected chi connectivity index (χ2v) is 9.71. The number of carbonyl (C=O) groups excluding carboxylic acids is 1. The van der Waals surface area contributed by atoms with Crippen molar-refractivity contribution in [2.75, 3.05) is 23.4 Å². The molecule has 7 heteroatoms. The van der Waals surface area contributed by atoms with Gasteiger partial charge in [0, 0.05) is 42.5 Å². The van der Waals surface area contributed by atoms with Crippen LogP contribution in [0.25, 0.3) is 0 Å². The fourth-order valence-corrected chi connectivity index (χ4v) is 5.27. The number of carbonyl (C=O) groups is 1. The zero-order valence-electron chi connectivity index (χ0n) is 19.6. The van der Waals surface area contributed by atoms with Crippen LogP contribution in [0.3, 0.4) is 0 Å². The summed E-state index contributed by atoms with van der Waals surface area (Å²) in [5, 5.41) is 3.44. The molecule has 176 valence electrons. The van der Waals surface area contributed by atoms with E-state index in [4.69, 9.17) is 14.5 Å². The molecule has 1 amide bonds. The van der Waals surface area contributed by atoms with E-state index in [1.54, 1.807) is 6.20 Å². The van der Waals surface area contributed by atoms with Crippen molar-refractivity contribution in [3.8, 4) is 0 Å². The first-order valence-corrected chi connectivity index (χ1v) is 12.3. The third-order valence-corrected chi connectivity index (χ3v) is 7.02. The van der Waals surface area contributed by atoms with Gasteiger partial charge >= 0.3 is 0 Å². The number of hydrogen-bond donors (Lipinski definition) is 1. The summed E-state index contributed by atoms with van der Waals surface area (Å²) in [5.41, 5.74) is 2.89. The van der Waals surface area contributed by atoms with E-state index < -0.39 is 0 Å². The van der Waals surface area contributed by atoms with Crippen LogP contribution in [0.2, 0.25) is 0 Å². The van der Waals surface area contributed by atoms with Gasteiger partial charge in [0.05, 0.1) is 24.4 Å². The Morgan fingerprint density at radius 1 is 1.12 bits per heavy atom. The Labute approximate surface area is 195 Å². The van der Waals surface area contributed by atoms with E-state index in [1.165, 1.54) is 0 Å². The van der Waals surface area contributed by atoms with Gasteiger partial charge in [-0.05, 0) is 70.6 Å². The topological polar surface area (TPSA) is 76.6 Å². The van der Waals surface area contributed by atoms with Crippen molar-refractivity contribution in [2.24, 2.45) is 5.92 Å². The molecule has 1 N–H and O–H groups in total. The largest absolute Gasteiger partial charge is 0.381 e. The highest BCUT2D eigenvalue weighted by Gasteiger charge is 2.34. The molecule has 0 bridgehead atoms. The van der Waals surface area contributed by atoms with Crippen LogP contribution in [-0.2, 0) is 20.8 Å². The first-order valence-electron chi connectivity index (χ1n) is 12.3. The summed E-state index contributed by atoms with van der Waals surface area (Å²) in [7, 11) is 0. The molecule has 2 aromatic rings. The number of anilines is 3. The molecule has 2 aliphatic heterocycles. The van der Waals surface area contributed by atoms with E-state index in [9.17, 15) is 4.79 Å². The molecule has 1 saturated carbocycles. The molecule has 5 rings (SSSR count). The lowest BCUT2D eigenvalue weighted by molar-refractivity contribution is -0.124. The van der Waals surface area contributed by atoms with E-state index in [1.807, 2.05) is 17.0 Å². The third kappa shape index (κ3) is 4.89. The maximum atomic E-state index is 13.9. The van der Waals surface area contributed by atoms with Crippen LogP contribution in [0.15, 0.2) is 30.5 Å². The lowest BCUT2D eigenvalue weighted by atomic mass is 9.86. The summed E-state index contributed by atoms with van der Waals surface area (Å²) in [5.74, 6) is 2.05. The van der Waals surface area contributed by atoms with Crippen molar-refractivity contribution < 1.29 is 14.3 Å². The van der Waals surface area contributed by atoms with Crippen molar-refractivity contribution in [1.29, 1.82) is 0 Å². The van der Waals surface area contributed by atoms with Crippen LogP contribution in [0, 0.1) is 5.92 Å². The fraction of sp³-hybridized carbons (Fsp3) is 0.577. The molecule has 2 aromatic heterocycles. The molecule has 0 unspecified atom stereocenters. The van der Waals surface area contributed by atoms with Gasteiger partial charge in [-0.2, -0.15) is 0 Å². The lowest BCUT2D eigenvalue weighted by Gasteiger charge is -2.32. The SMILES string of the molecule is CC(C)O[C@H]1CC[C@H](C(=O)N2Cc3cccnc3Nc3ccc(C4CCOCC4)nc32)CC1. The van der Waals surface area contributed by atoms with Crippen molar-refractivity contribution in [3.63, 3.8) is 0 Å². The zero-order valence-corrected chi connectivity index (χ0v) is 19.6. The number of aromatic nitrogens is 2. The van der Waals surface area contributed by atoms with Gasteiger partial charge in [0.15, 0.2) is 5.82 Å². The predicted octanol–water partition coefficient (Wildman–Crippen LogP) is 4.94. The number of fused-ring (bicyclic) bond motifs is 2. The Balaban J connectivity index is 1.43. The average molecular weight is 451 g/mol. The summed E-state index contributed by atoms with van der Waals surface area (Å²) < 4.78 is 11.5. The van der Waals surface area contributed by atoms with Crippen molar-refractivity contribution in [1.82, 2.24) is 9.97 Å². The minimum absolute atomic E-state index is 0.00313. The van der Waals surface area contributed by atoms with Crippen LogP contribution in [0.1, 0.15) is 69.5 Å². The number of amides is 1. The molecule has 33 heavy (non-hydrogen) atoms. The number of hydrogen-bond acceptors (Lipinski definition) is 6. The fourth-order valence-electron chi connectivity index (χ4n) is 5.27. The predicted molar refractivity (Wildman–Crippen MR) is 128 cm³/mol. The maximum absolute atomic E-state index is 13.9. The number of pyridine rings is 2. The number of nitrogens with zero attached hydrogens (tertiary/aromatic N) is 3. The molecular formula is C26H34N4O3. The van der Waals surface area contributed by atoms with Crippen LogP contribution in [0.5, 0.6) is 0 Å². The molecule has 3 aliphatic rings. The first-order chi connectivity index (χ1) is 16.1. The van der Waals surface area contributed by atoms with Crippen LogP contribution in [-0.4, -0.2) is 41.3 Å². The Kier molecular flexibility index (Phi) is 6.60. The standard InChI is InChI=1S/C26H34N4O3/c1-17(2)33-21-7-5-19(6-8-21)26(31)30-16-20-4-3-13-27-24(20)28-23-10-9-22(29-25(23)30)18-11-14-32-15-12-18/h3-4,9-10,13,17-19,21H,5-8,11-12,14-16H2,1-2H3,(H,27,28)/t19-,21-. The van der Waals surface area contributed by atoms with Crippen LogP contribution < -0.4 is 10.2 Å². The highest BCUT2D eigenvalue weighted by molar-refractivity contribution is 5.98. The second kappa shape index (κ2) is 9.77. The zero-order chi connectivity index (χ0) is 22.8. The molecule has 0 spiro atoms. The van der Waals surface area contributed by atoms with E-state index >= 15 is 0 Å². The van der Waals surface area contributed by atoms with Crippen molar-refractivity contribution >= 4 is 23.2 Å². The quantitative estimate of drug-likeness (QED) is 0.711. The van der Waals surface area contributed by atoms with Gasteiger partial charge in [0.1, 0.15) is 5.82 Å². The summed E-state index contributed by atoms with van der Waals surface area (Å²) in [6.45, 7) is 6.16. The minimum atomic E-state index is -0.00313. The van der Waals surface area contributed by atoms with E-state index in [0.29, 0.717) is 12.5 Å². The molecule has 4 heterocycles. The second-order valence-electron chi connectivity index (χ2n) is 9.71. The van der Waals surface area contributed by atoms with Gasteiger partial charge in [-0.15, -0.1) is 0 Å². The summed E-state index contributed by atoms with van der Waals surface area (Å²) >= 11 is 0. The molecule has 1 aliphatic carbocycles. The van der Waals surface area contributed by atoms with Crippen LogP contribution in [0.4, 0.5) is 17.3 Å². The van der Waals surface area contributed by atoms with E-state index in [0.717, 1.165) is 80.3 Å². The summed E-state index contributed by atoms with van der Waals surface area (Å²) in [6, 6.07) is 8.11. The molecular weight excluding hydrogens is 416 g/mol. The normalized spacial score (nSPS) is 23.4. The Morgan fingerprint density at radius 3 is 2.67 bits per heavy atom. The number of rotatable bonds is 4. The number of nitrogens with one attached hydrogen (secondary N) is 1. The highest BCUT2D eigenvalue weighted by atomic mass is 16.5. The lowest BCUT2D eigenvalue weighted by Crippen LogP contribution is -2.39. The molecule has 7 nitrogen and oxygen atoms in total. The first kappa shape index (κ1) is 22.3. The van der Waals surface area contributed by atoms with E-state index in [-0.39, 0.29) is 24.0 Å². The summed E-state index contributed by atoms with van der Waals surface area (Å²) in [6.07, 6.45) is 7.77.